The van der Waals surface area contributed by atoms with Crippen molar-refractivity contribution in [2.45, 2.75) is 71.0 Å². The molecule has 5 rings (SSSR count). The molecule has 2 aromatic rings. The molecule has 2 N–H and O–H groups in total. The zero-order valence-electron chi connectivity index (χ0n) is 27.0. The lowest BCUT2D eigenvalue weighted by Crippen LogP contribution is -2.61. The van der Waals surface area contributed by atoms with Crippen LogP contribution in [0.5, 0.6) is 0 Å². The Bertz CT molecular complexity index is 1300. The number of hydrazine groups is 1. The van der Waals surface area contributed by atoms with E-state index in [0.29, 0.717) is 36.5 Å². The number of amides is 3. The third-order valence-corrected chi connectivity index (χ3v) is 9.66. The van der Waals surface area contributed by atoms with E-state index < -0.39 is 6.04 Å². The average molecular weight is 637 g/mol. The fourth-order valence-corrected chi connectivity index (χ4v) is 7.14. The number of carbonyl (C=O) groups is 3. The van der Waals surface area contributed by atoms with Crippen LogP contribution in [0.25, 0.3) is 0 Å². The number of likely N-dealkylation sites (tertiary alicyclic amines) is 1. The first-order valence-electron chi connectivity index (χ1n) is 16.6. The number of piperazine rings is 1. The van der Waals surface area contributed by atoms with Gasteiger partial charge in [-0.15, -0.1) is 0 Å². The van der Waals surface area contributed by atoms with Crippen molar-refractivity contribution in [3.63, 3.8) is 0 Å². The summed E-state index contributed by atoms with van der Waals surface area (Å²) in [6.45, 7) is 12.2. The highest BCUT2D eigenvalue weighted by molar-refractivity contribution is 6.30. The molecule has 3 aliphatic rings. The number of benzene rings is 2. The Morgan fingerprint density at radius 3 is 2.31 bits per heavy atom. The predicted molar refractivity (Wildman–Crippen MR) is 178 cm³/mol. The Morgan fingerprint density at radius 2 is 1.64 bits per heavy atom. The van der Waals surface area contributed by atoms with Gasteiger partial charge in [0.25, 0.3) is 0 Å². The van der Waals surface area contributed by atoms with Gasteiger partial charge in [-0.1, -0.05) is 61.8 Å². The van der Waals surface area contributed by atoms with Crippen LogP contribution in [0.3, 0.4) is 0 Å². The minimum atomic E-state index is -0.660. The Balaban J connectivity index is 1.23. The molecule has 0 unspecified atom stereocenters. The van der Waals surface area contributed by atoms with Gasteiger partial charge in [0.1, 0.15) is 6.04 Å². The average Bonchev–Trinajstić information content (AvgIpc) is 3.04. The molecule has 0 radical (unpaired) electrons. The summed E-state index contributed by atoms with van der Waals surface area (Å²) in [5.41, 5.74) is 3.39. The fraction of sp³-hybridized carbons (Fsp3) is 0.571. The molecule has 2 atom stereocenters. The Morgan fingerprint density at radius 1 is 0.956 bits per heavy atom. The lowest BCUT2D eigenvalue weighted by Gasteiger charge is -2.47. The number of hydrogen-bond acceptors (Lipinski definition) is 6. The molecule has 2 fully saturated rings. The highest BCUT2D eigenvalue weighted by Crippen LogP contribution is 2.26. The van der Waals surface area contributed by atoms with Gasteiger partial charge in [-0.05, 0) is 60.5 Å². The molecule has 0 spiro atoms. The van der Waals surface area contributed by atoms with Crippen molar-refractivity contribution in [2.75, 3.05) is 52.4 Å². The number of fused-ring (bicyclic) bond motifs is 1. The summed E-state index contributed by atoms with van der Waals surface area (Å²) in [7, 11) is 0. The van der Waals surface area contributed by atoms with E-state index in [1.54, 1.807) is 6.92 Å². The van der Waals surface area contributed by atoms with Gasteiger partial charge in [0, 0.05) is 82.7 Å². The summed E-state index contributed by atoms with van der Waals surface area (Å²) in [5.74, 6) is 0.478. The zero-order chi connectivity index (χ0) is 31.9. The van der Waals surface area contributed by atoms with Crippen molar-refractivity contribution in [1.29, 1.82) is 0 Å². The second-order valence-electron chi connectivity index (χ2n) is 13.1. The minimum Gasteiger partial charge on any atom is -0.344 e. The van der Waals surface area contributed by atoms with E-state index in [-0.39, 0.29) is 30.2 Å². The number of hydrogen-bond donors (Lipinski definition) is 2. The maximum Gasteiger partial charge on any atom is 0.245 e. The molecule has 0 aliphatic carbocycles. The summed E-state index contributed by atoms with van der Waals surface area (Å²) in [5, 5.41) is 12.2. The first kappa shape index (κ1) is 33.4. The molecule has 0 saturated carbocycles. The molecule has 9 nitrogen and oxygen atoms in total. The standard InChI is InChI=1S/C35H49ClN6O3/c1-25(2)24-42(30-13-16-39(17-14-30)26(3)43)41-20-18-40(19-21-41)35(45)33(22-27-8-10-29(36)11-9-27)38-34(44)23-32-31-7-5-4-6-28(31)12-15-37-32/h4-11,25,30,32-33,37H,12-24H2,1-3H3,(H,38,44)/t32-,33-/m1/s1. The molecule has 45 heavy (non-hydrogen) atoms. The highest BCUT2D eigenvalue weighted by atomic mass is 35.5. The molecule has 3 amide bonds. The van der Waals surface area contributed by atoms with Gasteiger partial charge in [-0.3, -0.25) is 14.4 Å². The number of carbonyl (C=O) groups excluding carboxylic acids is 3. The molecule has 244 valence electrons. The summed E-state index contributed by atoms with van der Waals surface area (Å²) in [6.07, 6.45) is 3.55. The predicted octanol–water partition coefficient (Wildman–Crippen LogP) is 3.67. The number of nitrogens with one attached hydrogen (secondary N) is 2. The minimum absolute atomic E-state index is 0.0415. The fourth-order valence-electron chi connectivity index (χ4n) is 7.01. The van der Waals surface area contributed by atoms with E-state index in [9.17, 15) is 14.4 Å². The van der Waals surface area contributed by atoms with E-state index in [0.717, 1.165) is 69.7 Å². The van der Waals surface area contributed by atoms with Crippen molar-refractivity contribution in [1.82, 2.24) is 30.5 Å². The van der Waals surface area contributed by atoms with Crippen LogP contribution >= 0.6 is 11.6 Å². The normalized spacial score (nSPS) is 20.3. The monoisotopic (exact) mass is 636 g/mol. The number of piperidine rings is 1. The van der Waals surface area contributed by atoms with Gasteiger partial charge in [-0.2, -0.15) is 0 Å². The maximum absolute atomic E-state index is 14.1. The topological polar surface area (TPSA) is 88.2 Å². The van der Waals surface area contributed by atoms with Crippen molar-refractivity contribution in [2.24, 2.45) is 5.92 Å². The third-order valence-electron chi connectivity index (χ3n) is 9.41. The number of rotatable bonds is 10. The van der Waals surface area contributed by atoms with Crippen LogP contribution in [0.2, 0.25) is 5.02 Å². The van der Waals surface area contributed by atoms with Crippen molar-refractivity contribution < 1.29 is 14.4 Å². The van der Waals surface area contributed by atoms with Crippen LogP contribution in [-0.2, 0) is 27.2 Å². The molecular formula is C35H49ClN6O3. The SMILES string of the molecule is CC(=O)N1CCC(N(CC(C)C)N2CCN(C(=O)[C@@H](Cc3ccc(Cl)cc3)NC(=O)C[C@H]3NCCc4ccccc43)CC2)CC1. The van der Waals surface area contributed by atoms with Crippen LogP contribution in [0.1, 0.15) is 62.8 Å². The van der Waals surface area contributed by atoms with Gasteiger partial charge < -0.3 is 20.4 Å². The largest absolute Gasteiger partial charge is 0.344 e. The maximum atomic E-state index is 14.1. The van der Waals surface area contributed by atoms with Crippen LogP contribution in [0.15, 0.2) is 48.5 Å². The van der Waals surface area contributed by atoms with E-state index in [1.165, 1.54) is 5.56 Å². The van der Waals surface area contributed by atoms with Crippen molar-refractivity contribution in [3.8, 4) is 0 Å². The summed E-state index contributed by atoms with van der Waals surface area (Å²) in [4.78, 5) is 43.3. The Kier molecular flexibility index (Phi) is 11.5. The molecule has 2 aromatic carbocycles. The molecule has 2 saturated heterocycles. The van der Waals surface area contributed by atoms with Crippen LogP contribution < -0.4 is 10.6 Å². The molecule has 3 aliphatic heterocycles. The van der Waals surface area contributed by atoms with E-state index in [1.807, 2.05) is 46.2 Å². The van der Waals surface area contributed by atoms with Crippen molar-refractivity contribution in [3.05, 3.63) is 70.2 Å². The van der Waals surface area contributed by atoms with Crippen LogP contribution in [0.4, 0.5) is 0 Å². The smallest absolute Gasteiger partial charge is 0.245 e. The van der Waals surface area contributed by atoms with Gasteiger partial charge in [0.15, 0.2) is 0 Å². The lowest BCUT2D eigenvalue weighted by atomic mass is 9.92. The van der Waals surface area contributed by atoms with Gasteiger partial charge >= 0.3 is 0 Å². The quantitative estimate of drug-likeness (QED) is 0.414. The van der Waals surface area contributed by atoms with E-state index >= 15 is 0 Å². The molecule has 3 heterocycles. The second kappa shape index (κ2) is 15.5. The van der Waals surface area contributed by atoms with Crippen LogP contribution in [-0.4, -0.2) is 102 Å². The van der Waals surface area contributed by atoms with E-state index in [4.69, 9.17) is 11.6 Å². The Labute approximate surface area is 273 Å². The van der Waals surface area contributed by atoms with Gasteiger partial charge in [-0.25, -0.2) is 10.0 Å². The summed E-state index contributed by atoms with van der Waals surface area (Å²) in [6, 6.07) is 15.4. The Hall–Kier alpha value is -2.98. The molecule has 10 heteroatoms. The molecular weight excluding hydrogens is 588 g/mol. The number of halogens is 1. The number of nitrogens with zero attached hydrogens (tertiary/aromatic N) is 4. The first-order valence-corrected chi connectivity index (χ1v) is 17.0. The van der Waals surface area contributed by atoms with Gasteiger partial charge in [0.2, 0.25) is 17.7 Å². The molecule has 0 bridgehead atoms. The lowest BCUT2D eigenvalue weighted by molar-refractivity contribution is -0.146. The second-order valence-corrected chi connectivity index (χ2v) is 13.6. The van der Waals surface area contributed by atoms with E-state index in [2.05, 4.69) is 46.6 Å². The van der Waals surface area contributed by atoms with Crippen molar-refractivity contribution >= 4 is 29.3 Å². The zero-order valence-corrected chi connectivity index (χ0v) is 27.8. The van der Waals surface area contributed by atoms with Gasteiger partial charge in [0.05, 0.1) is 0 Å². The molecule has 0 aromatic heterocycles. The summed E-state index contributed by atoms with van der Waals surface area (Å²) < 4.78 is 0. The summed E-state index contributed by atoms with van der Waals surface area (Å²) >= 11 is 6.14. The highest BCUT2D eigenvalue weighted by Gasteiger charge is 2.34. The third kappa shape index (κ3) is 8.85. The first-order chi connectivity index (χ1) is 21.7. The van der Waals surface area contributed by atoms with Crippen LogP contribution in [0, 0.1) is 5.92 Å².